The van der Waals surface area contributed by atoms with Crippen molar-refractivity contribution in [2.75, 3.05) is 0 Å². The first-order chi connectivity index (χ1) is 15.6. The Hall–Kier alpha value is -3.48. The van der Waals surface area contributed by atoms with Crippen LogP contribution in [0.25, 0.3) is 16.8 Å². The summed E-state index contributed by atoms with van der Waals surface area (Å²) in [7, 11) is 0. The molecule has 0 N–H and O–H groups in total. The van der Waals surface area contributed by atoms with Crippen molar-refractivity contribution < 1.29 is 0 Å². The SMILES string of the molecule is CCCCn1cc(C(C)CC)n(Cc2ccc(-c3ccccc3-n3cnnn3)cc2)c1=O. The van der Waals surface area contributed by atoms with Crippen LogP contribution in [0.1, 0.15) is 57.2 Å². The summed E-state index contributed by atoms with van der Waals surface area (Å²) < 4.78 is 5.48. The predicted molar refractivity (Wildman–Crippen MR) is 126 cm³/mol. The Balaban J connectivity index is 1.63. The standard InChI is InChI=1S/C25H30N6O/c1-4-6-15-29-17-24(19(3)5-2)30(25(29)32)16-20-11-13-21(14-12-20)22-9-7-8-10-23(22)31-18-26-27-28-31/h7-14,17-19H,4-6,15-16H2,1-3H3. The number of aryl methyl sites for hydroxylation is 1. The van der Waals surface area contributed by atoms with Gasteiger partial charge in [-0.05, 0) is 46.4 Å². The number of rotatable bonds is 9. The number of benzene rings is 2. The molecule has 0 aliphatic rings. The summed E-state index contributed by atoms with van der Waals surface area (Å²) in [5.41, 5.74) is 5.36. The third-order valence-corrected chi connectivity index (χ3v) is 6.05. The summed E-state index contributed by atoms with van der Waals surface area (Å²) in [5, 5.41) is 11.5. The zero-order valence-corrected chi connectivity index (χ0v) is 19.0. The van der Waals surface area contributed by atoms with Gasteiger partial charge in [-0.3, -0.25) is 9.13 Å². The Morgan fingerprint density at radius 2 is 1.81 bits per heavy atom. The first kappa shape index (κ1) is 21.7. The highest BCUT2D eigenvalue weighted by atomic mass is 16.1. The molecule has 1 atom stereocenters. The number of hydrogen-bond acceptors (Lipinski definition) is 4. The largest absolute Gasteiger partial charge is 0.328 e. The topological polar surface area (TPSA) is 70.5 Å². The molecular formula is C25H30N6O. The number of unbranched alkanes of at least 4 members (excludes halogenated alkanes) is 1. The molecule has 0 radical (unpaired) electrons. The van der Waals surface area contributed by atoms with Crippen LogP contribution in [0.3, 0.4) is 0 Å². The number of hydrogen-bond donors (Lipinski definition) is 0. The van der Waals surface area contributed by atoms with Crippen LogP contribution in [-0.2, 0) is 13.1 Å². The van der Waals surface area contributed by atoms with Crippen LogP contribution >= 0.6 is 0 Å². The number of para-hydroxylation sites is 1. The minimum Gasteiger partial charge on any atom is -0.299 e. The average molecular weight is 431 g/mol. The van der Waals surface area contributed by atoms with Crippen molar-refractivity contribution in [3.05, 3.63) is 82.8 Å². The normalized spacial score (nSPS) is 12.2. The predicted octanol–water partition coefficient (Wildman–Crippen LogP) is 4.65. The number of nitrogens with zero attached hydrogens (tertiary/aromatic N) is 6. The van der Waals surface area contributed by atoms with E-state index in [0.717, 1.165) is 53.9 Å². The van der Waals surface area contributed by atoms with E-state index >= 15 is 0 Å². The maximum atomic E-state index is 13.1. The first-order valence-electron chi connectivity index (χ1n) is 11.3. The van der Waals surface area contributed by atoms with Crippen molar-refractivity contribution in [1.82, 2.24) is 29.3 Å². The highest BCUT2D eigenvalue weighted by Gasteiger charge is 2.16. The van der Waals surface area contributed by atoms with Crippen molar-refractivity contribution >= 4 is 0 Å². The summed E-state index contributed by atoms with van der Waals surface area (Å²) in [6, 6.07) is 16.4. The van der Waals surface area contributed by atoms with E-state index in [-0.39, 0.29) is 5.69 Å². The van der Waals surface area contributed by atoms with Crippen LogP contribution in [0.15, 0.2) is 65.8 Å². The van der Waals surface area contributed by atoms with Gasteiger partial charge in [0.2, 0.25) is 0 Å². The van der Waals surface area contributed by atoms with Crippen LogP contribution < -0.4 is 5.69 Å². The van der Waals surface area contributed by atoms with Crippen LogP contribution in [0.2, 0.25) is 0 Å². The van der Waals surface area contributed by atoms with Crippen LogP contribution in [-0.4, -0.2) is 29.3 Å². The smallest absolute Gasteiger partial charge is 0.299 e. The van der Waals surface area contributed by atoms with Crippen molar-refractivity contribution in [3.8, 4) is 16.8 Å². The quantitative estimate of drug-likeness (QED) is 0.387. The molecule has 166 valence electrons. The van der Waals surface area contributed by atoms with Gasteiger partial charge in [0.15, 0.2) is 0 Å². The second-order valence-corrected chi connectivity index (χ2v) is 8.25. The molecule has 0 saturated carbocycles. The average Bonchev–Trinajstić information content (AvgIpc) is 3.47. The zero-order valence-electron chi connectivity index (χ0n) is 19.0. The molecule has 4 aromatic rings. The molecule has 2 aromatic carbocycles. The molecular weight excluding hydrogens is 400 g/mol. The van der Waals surface area contributed by atoms with Crippen LogP contribution in [0.5, 0.6) is 0 Å². The molecule has 0 aliphatic heterocycles. The van der Waals surface area contributed by atoms with Crippen molar-refractivity contribution in [3.63, 3.8) is 0 Å². The lowest BCUT2D eigenvalue weighted by atomic mass is 10.0. The number of aromatic nitrogens is 6. The van der Waals surface area contributed by atoms with Gasteiger partial charge in [-0.15, -0.1) is 5.10 Å². The molecule has 0 bridgehead atoms. The monoisotopic (exact) mass is 430 g/mol. The molecule has 2 heterocycles. The first-order valence-corrected chi connectivity index (χ1v) is 11.3. The Bertz CT molecular complexity index is 1200. The molecule has 7 nitrogen and oxygen atoms in total. The highest BCUT2D eigenvalue weighted by molar-refractivity contribution is 5.72. The van der Waals surface area contributed by atoms with Gasteiger partial charge in [0.05, 0.1) is 12.2 Å². The van der Waals surface area contributed by atoms with Crippen molar-refractivity contribution in [1.29, 1.82) is 0 Å². The Labute approximate surface area is 188 Å². The Kier molecular flexibility index (Phi) is 6.63. The fourth-order valence-corrected chi connectivity index (χ4v) is 3.96. The van der Waals surface area contributed by atoms with E-state index < -0.39 is 0 Å². The summed E-state index contributed by atoms with van der Waals surface area (Å²) in [6.07, 6.45) is 6.75. The molecule has 4 rings (SSSR count). The fourth-order valence-electron chi connectivity index (χ4n) is 3.96. The highest BCUT2D eigenvalue weighted by Crippen LogP contribution is 2.27. The molecule has 7 heteroatoms. The Morgan fingerprint density at radius 1 is 1.03 bits per heavy atom. The van der Waals surface area contributed by atoms with Crippen molar-refractivity contribution in [2.24, 2.45) is 0 Å². The van der Waals surface area contributed by atoms with E-state index in [1.807, 2.05) is 27.3 Å². The van der Waals surface area contributed by atoms with Crippen molar-refractivity contribution in [2.45, 2.75) is 59.0 Å². The van der Waals surface area contributed by atoms with Gasteiger partial charge < -0.3 is 0 Å². The van der Waals surface area contributed by atoms with Crippen LogP contribution in [0, 0.1) is 0 Å². The second-order valence-electron chi connectivity index (χ2n) is 8.25. The maximum absolute atomic E-state index is 13.1. The van der Waals surface area contributed by atoms with E-state index in [4.69, 9.17) is 0 Å². The lowest BCUT2D eigenvalue weighted by Gasteiger charge is -2.13. The molecule has 0 spiro atoms. The minimum atomic E-state index is 0.0851. The minimum absolute atomic E-state index is 0.0851. The third-order valence-electron chi connectivity index (χ3n) is 6.05. The van der Waals surface area contributed by atoms with Gasteiger partial charge in [-0.1, -0.05) is 69.7 Å². The van der Waals surface area contributed by atoms with Gasteiger partial charge in [-0.25, -0.2) is 4.79 Å². The summed E-state index contributed by atoms with van der Waals surface area (Å²) in [6.45, 7) is 7.86. The molecule has 0 saturated heterocycles. The molecule has 0 aliphatic carbocycles. The lowest BCUT2D eigenvalue weighted by molar-refractivity contribution is 0.587. The van der Waals surface area contributed by atoms with Gasteiger partial charge in [-0.2, -0.15) is 4.68 Å². The van der Waals surface area contributed by atoms with Crippen LogP contribution in [0.4, 0.5) is 0 Å². The van der Waals surface area contributed by atoms with Gasteiger partial charge >= 0.3 is 5.69 Å². The van der Waals surface area contributed by atoms with Gasteiger partial charge in [0.25, 0.3) is 0 Å². The maximum Gasteiger partial charge on any atom is 0.328 e. The van der Waals surface area contributed by atoms with Gasteiger partial charge in [0.1, 0.15) is 6.33 Å². The molecule has 32 heavy (non-hydrogen) atoms. The van der Waals surface area contributed by atoms with E-state index in [1.165, 1.54) is 0 Å². The summed E-state index contributed by atoms with van der Waals surface area (Å²) in [5.74, 6) is 0.341. The molecule has 0 fully saturated rings. The van der Waals surface area contributed by atoms with Gasteiger partial charge in [0, 0.05) is 24.0 Å². The molecule has 1 unspecified atom stereocenters. The van der Waals surface area contributed by atoms with E-state index in [0.29, 0.717) is 12.5 Å². The van der Waals surface area contributed by atoms with E-state index in [1.54, 1.807) is 11.0 Å². The fraction of sp³-hybridized carbons (Fsp3) is 0.360. The number of tetrazole rings is 1. The molecule has 2 aromatic heterocycles. The molecule has 0 amide bonds. The lowest BCUT2D eigenvalue weighted by Crippen LogP contribution is -2.26. The third kappa shape index (κ3) is 4.42. The Morgan fingerprint density at radius 3 is 2.50 bits per heavy atom. The zero-order chi connectivity index (χ0) is 22.5. The summed E-state index contributed by atoms with van der Waals surface area (Å²) in [4.78, 5) is 13.1. The number of imidazole rings is 1. The second kappa shape index (κ2) is 9.77. The van der Waals surface area contributed by atoms with E-state index in [9.17, 15) is 4.79 Å². The summed E-state index contributed by atoms with van der Waals surface area (Å²) >= 11 is 0. The van der Waals surface area contributed by atoms with E-state index in [2.05, 4.69) is 72.8 Å².